The van der Waals surface area contributed by atoms with E-state index in [0.29, 0.717) is 15.6 Å². The highest BCUT2D eigenvalue weighted by molar-refractivity contribution is 6.39. The van der Waals surface area contributed by atoms with Gasteiger partial charge < -0.3 is 9.84 Å². The molecule has 0 radical (unpaired) electrons. The lowest BCUT2D eigenvalue weighted by atomic mass is 10.0. The van der Waals surface area contributed by atoms with Gasteiger partial charge in [-0.3, -0.25) is 9.69 Å². The lowest BCUT2D eigenvalue weighted by Gasteiger charge is -2.32. The van der Waals surface area contributed by atoms with Crippen molar-refractivity contribution in [2.75, 3.05) is 13.1 Å². The molecule has 0 spiro atoms. The van der Waals surface area contributed by atoms with Crippen LogP contribution in [0.2, 0.25) is 10.0 Å². The Labute approximate surface area is 144 Å². The maximum absolute atomic E-state index is 12.5. The van der Waals surface area contributed by atoms with Crippen LogP contribution in [0.5, 0.6) is 0 Å². The van der Waals surface area contributed by atoms with Crippen molar-refractivity contribution >= 4 is 29.1 Å². The summed E-state index contributed by atoms with van der Waals surface area (Å²) in [4.78, 5) is 14.7. The number of piperidine rings is 1. The quantitative estimate of drug-likeness (QED) is 0.915. The van der Waals surface area contributed by atoms with E-state index in [1.165, 1.54) is 0 Å². The number of rotatable bonds is 4. The van der Waals surface area contributed by atoms with E-state index >= 15 is 0 Å². The molecule has 3 rings (SSSR count). The Kier molecular flexibility index (Phi) is 5.20. The Balaban J connectivity index is 1.62. The van der Waals surface area contributed by atoms with Crippen molar-refractivity contribution in [2.45, 2.75) is 25.4 Å². The number of carbonyl (C=O) groups is 1. The third-order valence-corrected chi connectivity index (χ3v) is 4.54. The van der Waals surface area contributed by atoms with E-state index < -0.39 is 0 Å². The Morgan fingerprint density at radius 1 is 1.35 bits per heavy atom. The zero-order chi connectivity index (χ0) is 16.2. The number of hydrogen-bond donors (Lipinski definition) is 1. The molecule has 1 aromatic carbocycles. The third kappa shape index (κ3) is 4.05. The molecule has 0 saturated carbocycles. The molecule has 1 fully saturated rings. The molecule has 1 saturated heterocycles. The minimum absolute atomic E-state index is 0.0653. The predicted octanol–water partition coefficient (Wildman–Crippen LogP) is 3.38. The minimum Gasteiger partial charge on any atom is -0.364 e. The van der Waals surface area contributed by atoms with E-state index in [1.807, 2.05) is 6.07 Å². The Hall–Kier alpha value is -1.56. The summed E-state index contributed by atoms with van der Waals surface area (Å²) in [6.45, 7) is 2.46. The van der Waals surface area contributed by atoms with Crippen molar-refractivity contribution in [3.63, 3.8) is 0 Å². The van der Waals surface area contributed by atoms with Gasteiger partial charge in [0.2, 0.25) is 0 Å². The fraction of sp³-hybridized carbons (Fsp3) is 0.375. The highest BCUT2D eigenvalue weighted by atomic mass is 35.5. The molecule has 1 N–H and O–H groups in total. The number of halogens is 2. The SMILES string of the molecule is O=C(N[C@@H]1CCCN(Cc2ccon2)C1)c1c(Cl)cccc1Cl. The van der Waals surface area contributed by atoms with Crippen molar-refractivity contribution in [2.24, 2.45) is 0 Å². The second-order valence-electron chi connectivity index (χ2n) is 5.64. The molecular weight excluding hydrogens is 337 g/mol. The molecule has 5 nitrogen and oxygen atoms in total. The van der Waals surface area contributed by atoms with Crippen LogP contribution in [0.1, 0.15) is 28.9 Å². The van der Waals surface area contributed by atoms with Crippen LogP contribution in [0.4, 0.5) is 0 Å². The summed E-state index contributed by atoms with van der Waals surface area (Å²) in [5.74, 6) is -0.228. The fourth-order valence-electron chi connectivity index (χ4n) is 2.84. The second-order valence-corrected chi connectivity index (χ2v) is 6.45. The highest BCUT2D eigenvalue weighted by Crippen LogP contribution is 2.24. The zero-order valence-corrected chi connectivity index (χ0v) is 14.0. The molecule has 23 heavy (non-hydrogen) atoms. The van der Waals surface area contributed by atoms with E-state index in [4.69, 9.17) is 27.7 Å². The van der Waals surface area contributed by atoms with Crippen LogP contribution in [-0.4, -0.2) is 35.1 Å². The summed E-state index contributed by atoms with van der Waals surface area (Å²) in [7, 11) is 0. The van der Waals surface area contributed by atoms with Gasteiger partial charge in [0.15, 0.2) is 0 Å². The van der Waals surface area contributed by atoms with Gasteiger partial charge >= 0.3 is 0 Å². The third-order valence-electron chi connectivity index (χ3n) is 3.91. The van der Waals surface area contributed by atoms with Crippen LogP contribution < -0.4 is 5.32 Å². The van der Waals surface area contributed by atoms with Gasteiger partial charge in [-0.2, -0.15) is 0 Å². The summed E-state index contributed by atoms with van der Waals surface area (Å²) in [6.07, 6.45) is 3.51. The number of likely N-dealkylation sites (tertiary alicyclic amines) is 1. The molecule has 0 aliphatic carbocycles. The number of nitrogens with zero attached hydrogens (tertiary/aromatic N) is 2. The first-order chi connectivity index (χ1) is 11.1. The van der Waals surface area contributed by atoms with E-state index in [9.17, 15) is 4.79 Å². The molecule has 2 aromatic rings. The predicted molar refractivity (Wildman–Crippen MR) is 88.7 cm³/mol. The fourth-order valence-corrected chi connectivity index (χ4v) is 3.41. The number of aromatic nitrogens is 1. The Morgan fingerprint density at radius 2 is 2.13 bits per heavy atom. The van der Waals surface area contributed by atoms with E-state index in [2.05, 4.69) is 15.4 Å². The average Bonchev–Trinajstić information content (AvgIpc) is 3.00. The van der Waals surface area contributed by atoms with Crippen LogP contribution in [0, 0.1) is 0 Å². The van der Waals surface area contributed by atoms with Crippen LogP contribution >= 0.6 is 23.2 Å². The average molecular weight is 354 g/mol. The van der Waals surface area contributed by atoms with Gasteiger partial charge in [-0.25, -0.2) is 0 Å². The molecule has 0 unspecified atom stereocenters. The molecule has 7 heteroatoms. The van der Waals surface area contributed by atoms with Crippen LogP contribution in [0.25, 0.3) is 0 Å². The van der Waals surface area contributed by atoms with Crippen LogP contribution in [-0.2, 0) is 6.54 Å². The van der Waals surface area contributed by atoms with Gasteiger partial charge in [0, 0.05) is 25.2 Å². The molecule has 2 heterocycles. The maximum Gasteiger partial charge on any atom is 0.254 e. The van der Waals surface area contributed by atoms with Gasteiger partial charge in [0.05, 0.1) is 21.3 Å². The van der Waals surface area contributed by atoms with Crippen LogP contribution in [0.15, 0.2) is 35.1 Å². The second kappa shape index (κ2) is 7.34. The van der Waals surface area contributed by atoms with Crippen molar-refractivity contribution in [3.8, 4) is 0 Å². The summed E-state index contributed by atoms with van der Waals surface area (Å²) >= 11 is 12.2. The van der Waals surface area contributed by atoms with Crippen molar-refractivity contribution in [1.82, 2.24) is 15.4 Å². The summed E-state index contributed by atoms with van der Waals surface area (Å²) < 4.78 is 4.86. The maximum atomic E-state index is 12.5. The normalized spacial score (nSPS) is 18.8. The van der Waals surface area contributed by atoms with Crippen molar-refractivity contribution < 1.29 is 9.32 Å². The van der Waals surface area contributed by atoms with E-state index in [-0.39, 0.29) is 11.9 Å². The van der Waals surface area contributed by atoms with E-state index in [0.717, 1.165) is 38.2 Å². The molecule has 0 bridgehead atoms. The lowest BCUT2D eigenvalue weighted by molar-refractivity contribution is 0.0900. The molecule has 1 aromatic heterocycles. The first-order valence-corrected chi connectivity index (χ1v) is 8.25. The molecule has 1 aliphatic rings. The molecule has 1 aliphatic heterocycles. The standard InChI is InChI=1S/C16H17Cl2N3O2/c17-13-4-1-5-14(18)15(13)16(22)19-11-3-2-7-21(9-11)10-12-6-8-23-20-12/h1,4-6,8,11H,2-3,7,9-10H2,(H,19,22)/t11-/m1/s1. The lowest BCUT2D eigenvalue weighted by Crippen LogP contribution is -2.47. The topological polar surface area (TPSA) is 58.4 Å². The number of amides is 1. The van der Waals surface area contributed by atoms with Gasteiger partial charge in [-0.1, -0.05) is 34.4 Å². The minimum atomic E-state index is -0.228. The molecule has 1 amide bonds. The summed E-state index contributed by atoms with van der Waals surface area (Å²) in [6, 6.07) is 6.98. The van der Waals surface area contributed by atoms with Crippen LogP contribution in [0.3, 0.4) is 0 Å². The van der Waals surface area contributed by atoms with Crippen molar-refractivity contribution in [3.05, 3.63) is 51.8 Å². The largest absolute Gasteiger partial charge is 0.364 e. The van der Waals surface area contributed by atoms with Crippen molar-refractivity contribution in [1.29, 1.82) is 0 Å². The molecule has 1 atom stereocenters. The zero-order valence-electron chi connectivity index (χ0n) is 12.5. The highest BCUT2D eigenvalue weighted by Gasteiger charge is 2.24. The van der Waals surface area contributed by atoms with Gasteiger partial charge in [0.1, 0.15) is 6.26 Å². The smallest absolute Gasteiger partial charge is 0.254 e. The Morgan fingerprint density at radius 3 is 2.83 bits per heavy atom. The molecule has 122 valence electrons. The monoisotopic (exact) mass is 353 g/mol. The van der Waals surface area contributed by atoms with Gasteiger partial charge in [-0.15, -0.1) is 0 Å². The summed E-state index contributed by atoms with van der Waals surface area (Å²) in [5.41, 5.74) is 1.23. The number of carbonyl (C=O) groups excluding carboxylic acids is 1. The van der Waals surface area contributed by atoms with E-state index in [1.54, 1.807) is 24.5 Å². The number of hydrogen-bond acceptors (Lipinski definition) is 4. The first-order valence-electron chi connectivity index (χ1n) is 7.50. The Bertz CT molecular complexity index is 656. The number of benzene rings is 1. The summed E-state index contributed by atoms with van der Waals surface area (Å²) in [5, 5.41) is 7.69. The van der Waals surface area contributed by atoms with Gasteiger partial charge in [-0.05, 0) is 31.5 Å². The first kappa shape index (κ1) is 16.3. The molecular formula is C16H17Cl2N3O2. The van der Waals surface area contributed by atoms with Gasteiger partial charge in [0.25, 0.3) is 5.91 Å². The number of nitrogens with one attached hydrogen (secondary N) is 1.